The van der Waals surface area contributed by atoms with E-state index in [9.17, 15) is 10.1 Å². The van der Waals surface area contributed by atoms with Crippen molar-refractivity contribution >= 4 is 5.82 Å². The third kappa shape index (κ3) is 2.68. The largest absolute Gasteiger partial charge is 0.389 e. The molecule has 0 unspecified atom stereocenters. The van der Waals surface area contributed by atoms with Crippen LogP contribution in [-0.4, -0.2) is 21.2 Å². The molecule has 0 atom stereocenters. The second-order valence-corrected chi connectivity index (χ2v) is 2.36. The van der Waals surface area contributed by atoms with Crippen LogP contribution in [0.15, 0.2) is 24.4 Å². The van der Waals surface area contributed by atoms with Gasteiger partial charge in [-0.05, 0) is 4.92 Å². The molecule has 0 aromatic carbocycles. The quantitative estimate of drug-likeness (QED) is 0.412. The van der Waals surface area contributed by atoms with Gasteiger partial charge in [-0.3, -0.25) is 0 Å². The fraction of sp³-hybridized carbons (Fsp3) is 0.286. The first kappa shape index (κ1) is 9.40. The number of rotatable bonds is 4. The first-order valence-electron chi connectivity index (χ1n) is 3.77. The van der Waals surface area contributed by atoms with E-state index in [0.29, 0.717) is 13.1 Å². The summed E-state index contributed by atoms with van der Waals surface area (Å²) in [4.78, 5) is 9.71. The van der Waals surface area contributed by atoms with Crippen LogP contribution in [0.25, 0.3) is 0 Å². The lowest BCUT2D eigenvalue weighted by molar-refractivity contribution is -0.389. The van der Waals surface area contributed by atoms with Crippen molar-refractivity contribution in [2.24, 2.45) is 5.73 Å². The second-order valence-electron chi connectivity index (χ2n) is 2.36. The van der Waals surface area contributed by atoms with Crippen molar-refractivity contribution < 1.29 is 4.92 Å². The number of allylic oxidation sites excluding steroid dienone is 1. The van der Waals surface area contributed by atoms with Gasteiger partial charge in [0, 0.05) is 6.54 Å². The zero-order valence-electron chi connectivity index (χ0n) is 6.96. The molecule has 1 heterocycles. The Kier molecular flexibility index (Phi) is 3.15. The molecular formula is C7H10N4O2. The van der Waals surface area contributed by atoms with Gasteiger partial charge in [0.1, 0.15) is 0 Å². The van der Waals surface area contributed by atoms with Gasteiger partial charge in [-0.25, -0.2) is 0 Å². The minimum atomic E-state index is -0.525. The number of nitrogens with two attached hydrogens (primary N) is 1. The zero-order valence-corrected chi connectivity index (χ0v) is 6.96. The number of nitro groups is 1. The Morgan fingerprint density at radius 3 is 3.00 bits per heavy atom. The maximum absolute atomic E-state index is 10.2. The van der Waals surface area contributed by atoms with Gasteiger partial charge in [0.15, 0.2) is 0 Å². The maximum atomic E-state index is 10.2. The summed E-state index contributed by atoms with van der Waals surface area (Å²) in [5, 5.41) is 13.9. The predicted molar refractivity (Wildman–Crippen MR) is 47.1 cm³/mol. The highest BCUT2D eigenvalue weighted by Gasteiger charge is 2.08. The van der Waals surface area contributed by atoms with Gasteiger partial charge in [-0.15, -0.1) is 0 Å². The summed E-state index contributed by atoms with van der Waals surface area (Å²) in [6.07, 6.45) is 5.13. The van der Waals surface area contributed by atoms with Crippen molar-refractivity contribution in [2.45, 2.75) is 6.54 Å². The third-order valence-corrected chi connectivity index (χ3v) is 1.41. The van der Waals surface area contributed by atoms with Gasteiger partial charge in [0.2, 0.25) is 0 Å². The van der Waals surface area contributed by atoms with E-state index in [1.807, 2.05) is 0 Å². The average Bonchev–Trinajstić information content (AvgIpc) is 2.53. The van der Waals surface area contributed by atoms with E-state index in [0.717, 1.165) is 0 Å². The first-order chi connectivity index (χ1) is 6.24. The van der Waals surface area contributed by atoms with E-state index >= 15 is 0 Å². The maximum Gasteiger partial charge on any atom is 0.389 e. The molecule has 6 heteroatoms. The normalized spacial score (nSPS) is 10.8. The molecule has 0 fully saturated rings. The molecule has 70 valence electrons. The summed E-state index contributed by atoms with van der Waals surface area (Å²) in [5.41, 5.74) is 5.22. The lowest BCUT2D eigenvalue weighted by Crippen LogP contribution is -1.99. The molecule has 0 radical (unpaired) electrons. The molecule has 0 saturated carbocycles. The Balaban J connectivity index is 2.59. The van der Waals surface area contributed by atoms with E-state index in [2.05, 4.69) is 5.10 Å². The highest BCUT2D eigenvalue weighted by atomic mass is 16.6. The molecule has 0 spiro atoms. The van der Waals surface area contributed by atoms with Crippen molar-refractivity contribution in [2.75, 3.05) is 6.54 Å². The number of hydrogen-bond donors (Lipinski definition) is 1. The fourth-order valence-corrected chi connectivity index (χ4v) is 0.829. The molecule has 13 heavy (non-hydrogen) atoms. The molecule has 0 saturated heterocycles. The Morgan fingerprint density at radius 1 is 1.69 bits per heavy atom. The number of hydrogen-bond acceptors (Lipinski definition) is 4. The molecule has 1 aromatic rings. The summed E-state index contributed by atoms with van der Waals surface area (Å²) in [6, 6.07) is 1.36. The van der Waals surface area contributed by atoms with E-state index in [1.165, 1.54) is 10.7 Å². The Labute approximate surface area is 74.8 Å². The van der Waals surface area contributed by atoms with Gasteiger partial charge in [0.05, 0.1) is 23.9 Å². The molecule has 0 aliphatic heterocycles. The summed E-state index contributed by atoms with van der Waals surface area (Å²) < 4.78 is 1.48. The summed E-state index contributed by atoms with van der Waals surface area (Å²) in [7, 11) is 0. The van der Waals surface area contributed by atoms with Crippen molar-refractivity contribution in [3.63, 3.8) is 0 Å². The van der Waals surface area contributed by atoms with Crippen LogP contribution in [-0.2, 0) is 6.54 Å². The predicted octanol–water partition coefficient (Wildman–Crippen LogP) is 0.306. The van der Waals surface area contributed by atoms with E-state index in [1.54, 1.807) is 18.3 Å². The van der Waals surface area contributed by atoms with E-state index in [-0.39, 0.29) is 5.82 Å². The minimum absolute atomic E-state index is 0.138. The van der Waals surface area contributed by atoms with Gasteiger partial charge in [-0.1, -0.05) is 12.2 Å². The standard InChI is InChI=1S/C7H10N4O2/c8-4-1-2-5-10-6-3-7(9-10)11(12)13/h1-3,6H,4-5,8H2. The van der Waals surface area contributed by atoms with Crippen LogP contribution < -0.4 is 5.73 Å². The Hall–Kier alpha value is -1.69. The van der Waals surface area contributed by atoms with Crippen molar-refractivity contribution in [1.29, 1.82) is 0 Å². The van der Waals surface area contributed by atoms with E-state index < -0.39 is 4.92 Å². The van der Waals surface area contributed by atoms with Crippen LogP contribution in [0.4, 0.5) is 5.82 Å². The number of aromatic nitrogens is 2. The van der Waals surface area contributed by atoms with Gasteiger partial charge in [0.25, 0.3) is 0 Å². The first-order valence-corrected chi connectivity index (χ1v) is 3.77. The monoisotopic (exact) mass is 182 g/mol. The molecule has 1 aromatic heterocycles. The summed E-state index contributed by atoms with van der Waals surface area (Å²) in [5.74, 6) is -0.138. The molecule has 0 aliphatic rings. The van der Waals surface area contributed by atoms with Gasteiger partial charge in [-0.2, -0.15) is 4.68 Å². The fourth-order valence-electron chi connectivity index (χ4n) is 0.829. The van der Waals surface area contributed by atoms with E-state index in [4.69, 9.17) is 5.73 Å². The minimum Gasteiger partial charge on any atom is -0.358 e. The molecular weight excluding hydrogens is 172 g/mol. The van der Waals surface area contributed by atoms with Crippen LogP contribution in [0.2, 0.25) is 0 Å². The van der Waals surface area contributed by atoms with Gasteiger partial charge >= 0.3 is 5.82 Å². The summed E-state index contributed by atoms with van der Waals surface area (Å²) in [6.45, 7) is 0.967. The molecule has 0 aliphatic carbocycles. The molecule has 1 rings (SSSR count). The van der Waals surface area contributed by atoms with Crippen molar-refractivity contribution in [1.82, 2.24) is 9.78 Å². The van der Waals surface area contributed by atoms with Gasteiger partial charge < -0.3 is 15.8 Å². The smallest absolute Gasteiger partial charge is 0.358 e. The SMILES string of the molecule is NCC=CCn1ccc([N+](=O)[O-])n1. The van der Waals surface area contributed by atoms with Crippen LogP contribution >= 0.6 is 0 Å². The second kappa shape index (κ2) is 4.36. The van der Waals surface area contributed by atoms with Crippen molar-refractivity contribution in [3.05, 3.63) is 34.5 Å². The molecule has 2 N–H and O–H groups in total. The molecule has 0 bridgehead atoms. The third-order valence-electron chi connectivity index (χ3n) is 1.41. The zero-order chi connectivity index (χ0) is 9.68. The van der Waals surface area contributed by atoms with Crippen LogP contribution in [0, 0.1) is 10.1 Å². The Morgan fingerprint density at radius 2 is 2.46 bits per heavy atom. The van der Waals surface area contributed by atoms with Crippen LogP contribution in [0.3, 0.4) is 0 Å². The van der Waals surface area contributed by atoms with Crippen LogP contribution in [0.1, 0.15) is 0 Å². The number of nitrogens with zero attached hydrogens (tertiary/aromatic N) is 3. The highest BCUT2D eigenvalue weighted by Crippen LogP contribution is 2.04. The topological polar surface area (TPSA) is 87.0 Å². The Bertz CT molecular complexity index is 318. The summed E-state index contributed by atoms with van der Waals surface area (Å²) >= 11 is 0. The van der Waals surface area contributed by atoms with Crippen molar-refractivity contribution in [3.8, 4) is 0 Å². The average molecular weight is 182 g/mol. The highest BCUT2D eigenvalue weighted by molar-refractivity contribution is 5.14. The van der Waals surface area contributed by atoms with Crippen LogP contribution in [0.5, 0.6) is 0 Å². The molecule has 0 amide bonds. The lowest BCUT2D eigenvalue weighted by atomic mass is 10.5. The molecule has 6 nitrogen and oxygen atoms in total. The lowest BCUT2D eigenvalue weighted by Gasteiger charge is -1.87.